The number of nitrogens with two attached hydrogens (primary N) is 1. The van der Waals surface area contributed by atoms with Crippen LogP contribution in [0.3, 0.4) is 0 Å². The van der Waals surface area contributed by atoms with Crippen molar-refractivity contribution in [1.29, 1.82) is 0 Å². The van der Waals surface area contributed by atoms with E-state index in [2.05, 4.69) is 23.3 Å². The molecule has 0 radical (unpaired) electrons. The summed E-state index contributed by atoms with van der Waals surface area (Å²) in [5, 5.41) is 2.95. The molecule has 18 heavy (non-hydrogen) atoms. The van der Waals surface area contributed by atoms with Gasteiger partial charge in [0.25, 0.3) is 0 Å². The summed E-state index contributed by atoms with van der Waals surface area (Å²) in [6.45, 7) is 5.72. The zero-order valence-electron chi connectivity index (χ0n) is 11.2. The molecule has 1 aliphatic heterocycles. The van der Waals surface area contributed by atoms with Crippen LogP contribution in [0.5, 0.6) is 0 Å². The summed E-state index contributed by atoms with van der Waals surface area (Å²) in [5.41, 5.74) is 9.26. The van der Waals surface area contributed by atoms with E-state index in [9.17, 15) is 4.79 Å². The molecule has 2 rings (SSSR count). The molecule has 1 amide bonds. The first-order valence-corrected chi connectivity index (χ1v) is 6.34. The number of hydrogen-bond acceptors (Lipinski definition) is 3. The maximum atomic E-state index is 12.0. The number of hydrogen-bond donors (Lipinski definition) is 2. The van der Waals surface area contributed by atoms with E-state index in [0.717, 1.165) is 18.8 Å². The number of fused-ring (bicyclic) bond motifs is 1. The fraction of sp³-hybridized carbons (Fsp3) is 0.500. The molecule has 0 fully saturated rings. The van der Waals surface area contributed by atoms with Crippen molar-refractivity contribution in [2.45, 2.75) is 33.0 Å². The van der Waals surface area contributed by atoms with Gasteiger partial charge in [-0.3, -0.25) is 9.69 Å². The van der Waals surface area contributed by atoms with Gasteiger partial charge in [-0.2, -0.15) is 0 Å². The Bertz CT molecular complexity index is 456. The summed E-state index contributed by atoms with van der Waals surface area (Å²) < 4.78 is 0. The summed E-state index contributed by atoms with van der Waals surface area (Å²) >= 11 is 0. The van der Waals surface area contributed by atoms with Gasteiger partial charge in [-0.1, -0.05) is 26.0 Å². The van der Waals surface area contributed by atoms with Crippen molar-refractivity contribution in [3.8, 4) is 0 Å². The Labute approximate surface area is 108 Å². The highest BCUT2D eigenvalue weighted by Crippen LogP contribution is 2.28. The largest absolute Gasteiger partial charge is 0.324 e. The lowest BCUT2D eigenvalue weighted by Crippen LogP contribution is -2.39. The molecule has 0 bridgehead atoms. The maximum absolute atomic E-state index is 12.0. The zero-order chi connectivity index (χ0) is 13.3. The number of rotatable bonds is 3. The lowest BCUT2D eigenvalue weighted by Gasteiger charge is -2.17. The molecular formula is C14H21N3O. The number of carbonyl (C=O) groups is 1. The molecule has 0 aliphatic carbocycles. The topological polar surface area (TPSA) is 58.4 Å². The first-order valence-electron chi connectivity index (χ1n) is 6.34. The number of anilines is 1. The molecule has 1 aromatic rings. The van der Waals surface area contributed by atoms with Gasteiger partial charge >= 0.3 is 0 Å². The number of amides is 1. The highest BCUT2D eigenvalue weighted by Gasteiger charge is 2.22. The third-order valence-corrected chi connectivity index (χ3v) is 3.42. The highest BCUT2D eigenvalue weighted by molar-refractivity contribution is 5.95. The van der Waals surface area contributed by atoms with E-state index in [-0.39, 0.29) is 11.8 Å². The molecule has 1 atom stereocenters. The Morgan fingerprint density at radius 1 is 1.39 bits per heavy atom. The predicted octanol–water partition coefficient (Wildman–Crippen LogP) is 1.55. The Morgan fingerprint density at radius 3 is 2.78 bits per heavy atom. The molecule has 0 saturated carbocycles. The lowest BCUT2D eigenvalue weighted by atomic mass is 10.0. The van der Waals surface area contributed by atoms with Gasteiger partial charge in [0.2, 0.25) is 5.91 Å². The van der Waals surface area contributed by atoms with Gasteiger partial charge in [0.1, 0.15) is 0 Å². The van der Waals surface area contributed by atoms with Crippen molar-refractivity contribution in [3.63, 3.8) is 0 Å². The summed E-state index contributed by atoms with van der Waals surface area (Å²) in [7, 11) is 2.07. The minimum absolute atomic E-state index is 0.104. The standard InChI is InChI=1S/C14H21N3O/c1-9(2)13(15)14(18)16-12-6-4-5-10-7-17(3)8-11(10)12/h4-6,9,13H,7-8,15H2,1-3H3,(H,16,18). The molecule has 1 aliphatic rings. The SMILES string of the molecule is CC(C)C(N)C(=O)Nc1cccc2c1CN(C)C2. The summed E-state index contributed by atoms with van der Waals surface area (Å²) in [5.74, 6) is 0.0392. The second-order valence-electron chi connectivity index (χ2n) is 5.37. The minimum atomic E-state index is -0.458. The quantitative estimate of drug-likeness (QED) is 0.852. The monoisotopic (exact) mass is 247 g/mol. The third kappa shape index (κ3) is 2.54. The molecule has 98 valence electrons. The Balaban J connectivity index is 2.16. The van der Waals surface area contributed by atoms with Crippen LogP contribution in [0.1, 0.15) is 25.0 Å². The first-order chi connectivity index (χ1) is 8.49. The number of nitrogens with one attached hydrogen (secondary N) is 1. The molecular weight excluding hydrogens is 226 g/mol. The zero-order valence-corrected chi connectivity index (χ0v) is 11.2. The molecule has 4 nitrogen and oxygen atoms in total. The second kappa shape index (κ2) is 5.08. The van der Waals surface area contributed by atoms with E-state index in [1.54, 1.807) is 0 Å². The lowest BCUT2D eigenvalue weighted by molar-refractivity contribution is -0.118. The van der Waals surface area contributed by atoms with Crippen LogP contribution in [0.15, 0.2) is 18.2 Å². The van der Waals surface area contributed by atoms with Crippen LogP contribution in [0.4, 0.5) is 5.69 Å². The maximum Gasteiger partial charge on any atom is 0.241 e. The summed E-state index contributed by atoms with van der Waals surface area (Å²) in [6, 6.07) is 5.58. The molecule has 4 heteroatoms. The highest BCUT2D eigenvalue weighted by atomic mass is 16.2. The molecule has 3 N–H and O–H groups in total. The number of benzene rings is 1. The number of nitrogens with zero attached hydrogens (tertiary/aromatic N) is 1. The third-order valence-electron chi connectivity index (χ3n) is 3.42. The van der Waals surface area contributed by atoms with Gasteiger partial charge in [-0.15, -0.1) is 0 Å². The van der Waals surface area contributed by atoms with Crippen LogP contribution in [0, 0.1) is 5.92 Å². The first kappa shape index (κ1) is 13.1. The van der Waals surface area contributed by atoms with E-state index in [1.807, 2.05) is 26.0 Å². The average molecular weight is 247 g/mol. The molecule has 1 heterocycles. The van der Waals surface area contributed by atoms with E-state index >= 15 is 0 Å². The van der Waals surface area contributed by atoms with Crippen molar-refractivity contribution < 1.29 is 4.79 Å². The van der Waals surface area contributed by atoms with Crippen molar-refractivity contribution in [1.82, 2.24) is 4.90 Å². The van der Waals surface area contributed by atoms with Crippen molar-refractivity contribution in [3.05, 3.63) is 29.3 Å². The van der Waals surface area contributed by atoms with Gasteiger partial charge in [-0.25, -0.2) is 0 Å². The molecule has 0 spiro atoms. The normalized spacial score (nSPS) is 16.7. The van der Waals surface area contributed by atoms with Crippen molar-refractivity contribution in [2.75, 3.05) is 12.4 Å². The Morgan fingerprint density at radius 2 is 2.11 bits per heavy atom. The van der Waals surface area contributed by atoms with Crippen molar-refractivity contribution >= 4 is 11.6 Å². The van der Waals surface area contributed by atoms with Crippen LogP contribution in [0.25, 0.3) is 0 Å². The predicted molar refractivity (Wildman–Crippen MR) is 73.1 cm³/mol. The van der Waals surface area contributed by atoms with E-state index < -0.39 is 6.04 Å². The minimum Gasteiger partial charge on any atom is -0.324 e. The fourth-order valence-electron chi connectivity index (χ4n) is 2.22. The molecule has 0 aromatic heterocycles. The molecule has 1 aromatic carbocycles. The smallest absolute Gasteiger partial charge is 0.241 e. The Hall–Kier alpha value is -1.39. The Kier molecular flexibility index (Phi) is 3.68. The molecule has 1 unspecified atom stereocenters. The van der Waals surface area contributed by atoms with Crippen LogP contribution < -0.4 is 11.1 Å². The van der Waals surface area contributed by atoms with Crippen LogP contribution in [-0.4, -0.2) is 23.9 Å². The van der Waals surface area contributed by atoms with Gasteiger partial charge < -0.3 is 11.1 Å². The van der Waals surface area contributed by atoms with Crippen LogP contribution in [-0.2, 0) is 17.9 Å². The fourth-order valence-corrected chi connectivity index (χ4v) is 2.22. The number of carbonyl (C=O) groups excluding carboxylic acids is 1. The van der Waals surface area contributed by atoms with Gasteiger partial charge in [0.15, 0.2) is 0 Å². The second-order valence-corrected chi connectivity index (χ2v) is 5.37. The van der Waals surface area contributed by atoms with E-state index in [1.165, 1.54) is 11.1 Å². The summed E-state index contributed by atoms with van der Waals surface area (Å²) in [4.78, 5) is 14.2. The molecule has 0 saturated heterocycles. The van der Waals surface area contributed by atoms with E-state index in [4.69, 9.17) is 5.73 Å². The van der Waals surface area contributed by atoms with Crippen LogP contribution >= 0.6 is 0 Å². The van der Waals surface area contributed by atoms with E-state index in [0.29, 0.717) is 0 Å². The average Bonchev–Trinajstić information content (AvgIpc) is 2.69. The van der Waals surface area contributed by atoms with Crippen LogP contribution in [0.2, 0.25) is 0 Å². The van der Waals surface area contributed by atoms with Gasteiger partial charge in [0.05, 0.1) is 6.04 Å². The summed E-state index contributed by atoms with van der Waals surface area (Å²) in [6.07, 6.45) is 0. The van der Waals surface area contributed by atoms with Crippen molar-refractivity contribution in [2.24, 2.45) is 11.7 Å². The van der Waals surface area contributed by atoms with Gasteiger partial charge in [0, 0.05) is 18.8 Å². The van der Waals surface area contributed by atoms with Gasteiger partial charge in [-0.05, 0) is 30.2 Å².